The van der Waals surface area contributed by atoms with Gasteiger partial charge in [-0.15, -0.1) is 0 Å². The van der Waals surface area contributed by atoms with E-state index in [-0.39, 0.29) is 13.4 Å². The molecule has 1 nitrogen and oxygen atoms in total. The first-order valence-electron chi connectivity index (χ1n) is 16.1. The van der Waals surface area contributed by atoms with E-state index in [9.17, 15) is 0 Å². The van der Waals surface area contributed by atoms with Crippen molar-refractivity contribution in [2.45, 2.75) is 41.5 Å². The highest BCUT2D eigenvalue weighted by molar-refractivity contribution is 6.98. The average molecular weight is 579 g/mol. The molecule has 1 aliphatic heterocycles. The molecule has 45 heavy (non-hydrogen) atoms. The Morgan fingerprint density at radius 1 is 0.467 bits per heavy atom. The zero-order valence-electron chi connectivity index (χ0n) is 27.2. The Kier molecular flexibility index (Phi) is 7.50. The van der Waals surface area contributed by atoms with Crippen molar-refractivity contribution in [2.24, 2.45) is 0 Å². The molecule has 7 rings (SSSR count). The monoisotopic (exact) mass is 579 g/mol. The normalized spacial score (nSPS) is 12.1. The summed E-state index contributed by atoms with van der Waals surface area (Å²) in [7, 11) is 0. The highest BCUT2D eigenvalue weighted by Crippen LogP contribution is 2.35. The Bertz CT molecular complexity index is 1880. The van der Waals surface area contributed by atoms with Crippen LogP contribution >= 0.6 is 0 Å². The number of hydrogen-bond donors (Lipinski definition) is 0. The zero-order valence-corrected chi connectivity index (χ0v) is 27.2. The van der Waals surface area contributed by atoms with Crippen molar-refractivity contribution in [1.29, 1.82) is 0 Å². The minimum atomic E-state index is 0.156. The third kappa shape index (κ3) is 5.11. The topological polar surface area (TPSA) is 3.24 Å². The second-order valence-corrected chi connectivity index (χ2v) is 12.9. The molecular formula is C42H39B2N. The molecule has 0 unspecified atom stereocenters. The second kappa shape index (κ2) is 11.6. The SMILES string of the molecule is Cc1cc(C)c(B(c2ccc(N3c4ccccc4B(c4ccccc4)c4ccccc43)cc2)c2c(C)cc(C)cc2C)c(C)c1. The Labute approximate surface area is 269 Å². The van der Waals surface area contributed by atoms with Crippen molar-refractivity contribution in [3.8, 4) is 0 Å². The smallest absolute Gasteiger partial charge is 0.246 e. The number of aryl methyl sites for hydroxylation is 6. The predicted octanol–water partition coefficient (Wildman–Crippen LogP) is 6.35. The summed E-state index contributed by atoms with van der Waals surface area (Å²) >= 11 is 0. The lowest BCUT2D eigenvalue weighted by Crippen LogP contribution is -2.57. The highest BCUT2D eigenvalue weighted by Gasteiger charge is 2.35. The van der Waals surface area contributed by atoms with E-state index < -0.39 is 0 Å². The molecule has 0 aromatic heterocycles. The van der Waals surface area contributed by atoms with Crippen LogP contribution in [0.1, 0.15) is 33.4 Å². The largest absolute Gasteiger partial charge is 0.312 e. The molecule has 1 aliphatic rings. The minimum absolute atomic E-state index is 0.156. The molecule has 0 spiro atoms. The molecule has 0 saturated heterocycles. The average Bonchev–Trinajstić information content (AvgIpc) is 3.02. The van der Waals surface area contributed by atoms with Crippen molar-refractivity contribution in [3.63, 3.8) is 0 Å². The van der Waals surface area contributed by atoms with E-state index >= 15 is 0 Å². The molecule has 6 aromatic carbocycles. The van der Waals surface area contributed by atoms with E-state index in [1.54, 1.807) is 0 Å². The van der Waals surface area contributed by atoms with Crippen LogP contribution in [-0.4, -0.2) is 13.4 Å². The van der Waals surface area contributed by atoms with Crippen LogP contribution in [0.5, 0.6) is 0 Å². The fourth-order valence-electron chi connectivity index (χ4n) is 8.04. The van der Waals surface area contributed by atoms with Gasteiger partial charge in [-0.25, -0.2) is 0 Å². The standard InChI is InChI=1S/C42H39B2N/c1-28-24-30(3)41(31(4)25-28)44(42-32(5)26-29(2)27-33(42)6)35-20-22-36(23-21-35)45-39-18-12-10-16-37(39)43(34-14-8-7-9-15-34)38-17-11-13-19-40(38)45/h7-27H,1-6H3. The number of para-hydroxylation sites is 2. The van der Waals surface area contributed by atoms with Crippen LogP contribution in [0.25, 0.3) is 0 Å². The molecule has 0 atom stereocenters. The summed E-state index contributed by atoms with van der Waals surface area (Å²) in [6, 6.07) is 47.5. The van der Waals surface area contributed by atoms with E-state index in [1.165, 1.54) is 83.2 Å². The maximum atomic E-state index is 2.45. The van der Waals surface area contributed by atoms with Crippen LogP contribution in [0, 0.1) is 41.5 Å². The maximum Gasteiger partial charge on any atom is 0.246 e. The number of nitrogens with zero attached hydrogens (tertiary/aromatic N) is 1. The predicted molar refractivity (Wildman–Crippen MR) is 198 cm³/mol. The van der Waals surface area contributed by atoms with Gasteiger partial charge in [-0.1, -0.05) is 158 Å². The molecule has 0 amide bonds. The van der Waals surface area contributed by atoms with E-state index in [0.29, 0.717) is 0 Å². The first-order chi connectivity index (χ1) is 21.8. The maximum absolute atomic E-state index is 2.45. The molecule has 0 N–H and O–H groups in total. The van der Waals surface area contributed by atoms with Crippen LogP contribution in [0.3, 0.4) is 0 Å². The zero-order chi connectivity index (χ0) is 31.2. The molecule has 3 heteroatoms. The summed E-state index contributed by atoms with van der Waals surface area (Å²) in [5, 5.41) is 0. The fraction of sp³-hybridized carbons (Fsp3) is 0.143. The number of hydrogen-bond acceptors (Lipinski definition) is 1. The highest BCUT2D eigenvalue weighted by atomic mass is 15.1. The van der Waals surface area contributed by atoms with Gasteiger partial charge in [0, 0.05) is 17.1 Å². The number of benzene rings is 6. The van der Waals surface area contributed by atoms with Crippen LogP contribution in [0.2, 0.25) is 0 Å². The number of anilines is 3. The van der Waals surface area contributed by atoms with Gasteiger partial charge in [-0.2, -0.15) is 0 Å². The molecule has 0 bridgehead atoms. The van der Waals surface area contributed by atoms with Gasteiger partial charge in [0.2, 0.25) is 13.4 Å². The third-order valence-electron chi connectivity index (χ3n) is 9.65. The summed E-state index contributed by atoms with van der Waals surface area (Å²) in [5.74, 6) is 0. The summed E-state index contributed by atoms with van der Waals surface area (Å²) in [6.07, 6.45) is 0. The number of rotatable bonds is 5. The van der Waals surface area contributed by atoms with E-state index in [2.05, 4.69) is 174 Å². The van der Waals surface area contributed by atoms with Gasteiger partial charge in [0.05, 0.1) is 0 Å². The van der Waals surface area contributed by atoms with E-state index in [1.807, 2.05) is 0 Å². The fourth-order valence-corrected chi connectivity index (χ4v) is 8.04. The van der Waals surface area contributed by atoms with Crippen LogP contribution < -0.4 is 37.7 Å². The van der Waals surface area contributed by atoms with Gasteiger partial charge >= 0.3 is 0 Å². The van der Waals surface area contributed by atoms with Crippen molar-refractivity contribution in [3.05, 3.63) is 161 Å². The van der Waals surface area contributed by atoms with E-state index in [0.717, 1.165) is 0 Å². The lowest BCUT2D eigenvalue weighted by Gasteiger charge is -2.37. The third-order valence-corrected chi connectivity index (χ3v) is 9.65. The van der Waals surface area contributed by atoms with Gasteiger partial charge in [0.15, 0.2) is 0 Å². The summed E-state index contributed by atoms with van der Waals surface area (Å²) in [4.78, 5) is 2.45. The van der Waals surface area contributed by atoms with Gasteiger partial charge < -0.3 is 4.90 Å². The molecule has 0 fully saturated rings. The molecule has 0 saturated carbocycles. The van der Waals surface area contributed by atoms with Crippen molar-refractivity contribution in [1.82, 2.24) is 0 Å². The quantitative estimate of drug-likeness (QED) is 0.215. The Morgan fingerprint density at radius 2 is 0.889 bits per heavy atom. The van der Waals surface area contributed by atoms with Crippen molar-refractivity contribution in [2.75, 3.05) is 4.90 Å². The Balaban J connectivity index is 1.39. The Morgan fingerprint density at radius 3 is 1.36 bits per heavy atom. The first kappa shape index (κ1) is 29.0. The lowest BCUT2D eigenvalue weighted by atomic mass is 9.34. The van der Waals surface area contributed by atoms with E-state index in [4.69, 9.17) is 0 Å². The lowest BCUT2D eigenvalue weighted by molar-refractivity contribution is 1.29. The molecule has 0 aliphatic carbocycles. The summed E-state index contributed by atoms with van der Waals surface area (Å²) in [6.45, 7) is 13.9. The molecular weight excluding hydrogens is 540 g/mol. The first-order valence-corrected chi connectivity index (χ1v) is 16.1. The van der Waals surface area contributed by atoms with Crippen LogP contribution in [0.15, 0.2) is 127 Å². The molecule has 0 radical (unpaired) electrons. The second-order valence-electron chi connectivity index (χ2n) is 12.9. The van der Waals surface area contributed by atoms with Crippen LogP contribution in [0.4, 0.5) is 17.1 Å². The number of fused-ring (bicyclic) bond motifs is 2. The van der Waals surface area contributed by atoms with Gasteiger partial charge in [-0.3, -0.25) is 0 Å². The summed E-state index contributed by atoms with van der Waals surface area (Å²) < 4.78 is 0. The van der Waals surface area contributed by atoms with Crippen LogP contribution in [-0.2, 0) is 0 Å². The summed E-state index contributed by atoms with van der Waals surface area (Å²) in [5.41, 5.74) is 19.9. The van der Waals surface area contributed by atoms with Crippen molar-refractivity contribution >= 4 is 63.3 Å². The van der Waals surface area contributed by atoms with Gasteiger partial charge in [0.25, 0.3) is 0 Å². The van der Waals surface area contributed by atoms with Gasteiger partial charge in [0.1, 0.15) is 0 Å². The van der Waals surface area contributed by atoms with Gasteiger partial charge in [-0.05, 0) is 76.7 Å². The molecule has 6 aromatic rings. The molecule has 1 heterocycles. The molecule has 218 valence electrons. The van der Waals surface area contributed by atoms with Crippen molar-refractivity contribution < 1.29 is 0 Å². The minimum Gasteiger partial charge on any atom is -0.312 e. The Hall–Kier alpha value is -4.75.